The number of benzene rings is 1. The molecular weight excluding hydrogens is 299 g/mol. The third-order valence-corrected chi connectivity index (χ3v) is 3.73. The Kier molecular flexibility index (Phi) is 4.22. The lowest BCUT2D eigenvalue weighted by Crippen LogP contribution is -2.32. The Morgan fingerprint density at radius 2 is 2.24 bits per heavy atom. The minimum absolute atomic E-state index is 0.0449. The summed E-state index contributed by atoms with van der Waals surface area (Å²) in [5, 5.41) is 20.6. The molecule has 1 atom stereocenters. The first-order valence-electron chi connectivity index (χ1n) is 6.32. The standard InChI is InChI=1S/C13H14ClFN4O2/c1-3-13(2,12(20)21)7-19-11(16-17-18-19)9-5-4-8(14)6-10(9)15/h4-6H,3,7H2,1-2H3,(H,20,21). The van der Waals surface area contributed by atoms with Gasteiger partial charge in [-0.15, -0.1) is 5.10 Å². The predicted octanol–water partition coefficient (Wildman–Crippen LogP) is 2.63. The van der Waals surface area contributed by atoms with Gasteiger partial charge in [-0.05, 0) is 42.0 Å². The Balaban J connectivity index is 2.41. The Hall–Kier alpha value is -2.02. The summed E-state index contributed by atoms with van der Waals surface area (Å²) in [4.78, 5) is 11.4. The molecule has 8 heteroatoms. The van der Waals surface area contributed by atoms with E-state index in [1.165, 1.54) is 16.8 Å². The van der Waals surface area contributed by atoms with Crippen LogP contribution in [0, 0.1) is 11.2 Å². The van der Waals surface area contributed by atoms with Crippen LogP contribution in [0.5, 0.6) is 0 Å². The Labute approximate surface area is 125 Å². The van der Waals surface area contributed by atoms with Gasteiger partial charge < -0.3 is 5.11 Å². The van der Waals surface area contributed by atoms with E-state index in [2.05, 4.69) is 15.5 Å². The van der Waals surface area contributed by atoms with Gasteiger partial charge in [0.1, 0.15) is 5.82 Å². The summed E-state index contributed by atoms with van der Waals surface area (Å²) in [6, 6.07) is 4.14. The maximum atomic E-state index is 14.0. The number of carboxylic acid groups (broad SMARTS) is 1. The van der Waals surface area contributed by atoms with E-state index in [-0.39, 0.29) is 23.0 Å². The number of tetrazole rings is 1. The van der Waals surface area contributed by atoms with Crippen LogP contribution < -0.4 is 0 Å². The quantitative estimate of drug-likeness (QED) is 0.918. The van der Waals surface area contributed by atoms with Crippen LogP contribution in [0.1, 0.15) is 20.3 Å². The maximum Gasteiger partial charge on any atom is 0.311 e. The summed E-state index contributed by atoms with van der Waals surface area (Å²) in [5.74, 6) is -1.35. The van der Waals surface area contributed by atoms with E-state index in [0.717, 1.165) is 6.07 Å². The molecule has 0 fully saturated rings. The number of halogens is 2. The van der Waals surface area contributed by atoms with Crippen LogP contribution in [0.25, 0.3) is 11.4 Å². The van der Waals surface area contributed by atoms with Gasteiger partial charge in [0, 0.05) is 5.02 Å². The average Bonchev–Trinajstić information content (AvgIpc) is 2.86. The monoisotopic (exact) mass is 312 g/mol. The maximum absolute atomic E-state index is 14.0. The molecule has 0 aliphatic rings. The van der Waals surface area contributed by atoms with Crippen LogP contribution in [-0.2, 0) is 11.3 Å². The highest BCUT2D eigenvalue weighted by Crippen LogP contribution is 2.28. The Morgan fingerprint density at radius 1 is 1.52 bits per heavy atom. The number of carbonyl (C=O) groups is 1. The number of aliphatic carboxylic acids is 1. The van der Waals surface area contributed by atoms with Crippen molar-refractivity contribution >= 4 is 17.6 Å². The van der Waals surface area contributed by atoms with Crippen molar-refractivity contribution in [2.45, 2.75) is 26.8 Å². The van der Waals surface area contributed by atoms with Gasteiger partial charge in [0.15, 0.2) is 5.82 Å². The molecular formula is C13H14ClFN4O2. The summed E-state index contributed by atoms with van der Waals surface area (Å²) >= 11 is 5.71. The first-order valence-corrected chi connectivity index (χ1v) is 6.70. The van der Waals surface area contributed by atoms with Gasteiger partial charge in [-0.3, -0.25) is 4.79 Å². The van der Waals surface area contributed by atoms with Crippen molar-refractivity contribution in [2.75, 3.05) is 0 Å². The molecule has 1 heterocycles. The van der Waals surface area contributed by atoms with Crippen molar-refractivity contribution in [2.24, 2.45) is 5.41 Å². The van der Waals surface area contributed by atoms with Crippen molar-refractivity contribution in [3.8, 4) is 11.4 Å². The molecule has 0 aliphatic heterocycles. The highest BCUT2D eigenvalue weighted by molar-refractivity contribution is 6.30. The fourth-order valence-electron chi connectivity index (χ4n) is 1.84. The van der Waals surface area contributed by atoms with Gasteiger partial charge >= 0.3 is 5.97 Å². The number of hydrogen-bond donors (Lipinski definition) is 1. The van der Waals surface area contributed by atoms with E-state index >= 15 is 0 Å². The summed E-state index contributed by atoms with van der Waals surface area (Å²) in [6.07, 6.45) is 0.394. The summed E-state index contributed by atoms with van der Waals surface area (Å²) < 4.78 is 15.3. The molecule has 1 N–H and O–H groups in total. The molecule has 1 unspecified atom stereocenters. The second-order valence-electron chi connectivity index (χ2n) is 5.00. The molecule has 2 aromatic rings. The molecule has 0 saturated carbocycles. The van der Waals surface area contributed by atoms with E-state index in [9.17, 15) is 14.3 Å². The molecule has 0 bridgehead atoms. The smallest absolute Gasteiger partial charge is 0.311 e. The van der Waals surface area contributed by atoms with Gasteiger partial charge in [0.2, 0.25) is 0 Å². The first kappa shape index (κ1) is 15.4. The third kappa shape index (κ3) is 3.02. The highest BCUT2D eigenvalue weighted by Gasteiger charge is 2.33. The zero-order chi connectivity index (χ0) is 15.6. The molecule has 0 aliphatic carbocycles. The van der Waals surface area contributed by atoms with Gasteiger partial charge in [0.05, 0.1) is 17.5 Å². The molecule has 21 heavy (non-hydrogen) atoms. The van der Waals surface area contributed by atoms with Crippen LogP contribution in [-0.4, -0.2) is 31.3 Å². The van der Waals surface area contributed by atoms with E-state index in [4.69, 9.17) is 11.6 Å². The topological polar surface area (TPSA) is 80.9 Å². The SMILES string of the molecule is CCC(C)(Cn1nnnc1-c1ccc(Cl)cc1F)C(=O)O. The lowest BCUT2D eigenvalue weighted by molar-refractivity contribution is -0.149. The number of nitrogens with zero attached hydrogens (tertiary/aromatic N) is 4. The van der Waals surface area contributed by atoms with Gasteiger partial charge in [-0.1, -0.05) is 18.5 Å². The normalized spacial score (nSPS) is 13.9. The van der Waals surface area contributed by atoms with Crippen molar-refractivity contribution in [1.29, 1.82) is 0 Å². The summed E-state index contributed by atoms with van der Waals surface area (Å²) in [6.45, 7) is 3.41. The molecule has 2 rings (SSSR count). The van der Waals surface area contributed by atoms with E-state index in [0.29, 0.717) is 6.42 Å². The molecule has 0 amide bonds. The van der Waals surface area contributed by atoms with E-state index < -0.39 is 17.2 Å². The number of rotatable bonds is 5. The van der Waals surface area contributed by atoms with Crippen LogP contribution in [0.15, 0.2) is 18.2 Å². The van der Waals surface area contributed by atoms with Crippen molar-refractivity contribution in [3.05, 3.63) is 29.0 Å². The minimum Gasteiger partial charge on any atom is -0.481 e. The molecule has 1 aromatic heterocycles. The van der Waals surface area contributed by atoms with Crippen LogP contribution >= 0.6 is 11.6 Å². The zero-order valence-electron chi connectivity index (χ0n) is 11.5. The first-order chi connectivity index (χ1) is 9.87. The summed E-state index contributed by atoms with van der Waals surface area (Å²) in [7, 11) is 0. The van der Waals surface area contributed by atoms with Crippen molar-refractivity contribution < 1.29 is 14.3 Å². The van der Waals surface area contributed by atoms with Crippen LogP contribution in [0.4, 0.5) is 4.39 Å². The highest BCUT2D eigenvalue weighted by atomic mass is 35.5. The zero-order valence-corrected chi connectivity index (χ0v) is 12.3. The van der Waals surface area contributed by atoms with Crippen LogP contribution in [0.3, 0.4) is 0 Å². The van der Waals surface area contributed by atoms with Gasteiger partial charge in [0.25, 0.3) is 0 Å². The van der Waals surface area contributed by atoms with Crippen LogP contribution in [0.2, 0.25) is 5.02 Å². The molecule has 0 spiro atoms. The Morgan fingerprint density at radius 3 is 2.81 bits per heavy atom. The minimum atomic E-state index is -1.03. The number of carboxylic acids is 1. The molecule has 0 radical (unpaired) electrons. The van der Waals surface area contributed by atoms with Gasteiger partial charge in [-0.2, -0.15) is 0 Å². The van der Waals surface area contributed by atoms with E-state index in [1.54, 1.807) is 13.8 Å². The largest absolute Gasteiger partial charge is 0.481 e. The molecule has 6 nitrogen and oxygen atoms in total. The lowest BCUT2D eigenvalue weighted by Gasteiger charge is -2.22. The fourth-order valence-corrected chi connectivity index (χ4v) is 1.99. The Bertz CT molecular complexity index is 676. The fraction of sp³-hybridized carbons (Fsp3) is 0.385. The third-order valence-electron chi connectivity index (χ3n) is 3.50. The second-order valence-corrected chi connectivity index (χ2v) is 5.44. The van der Waals surface area contributed by atoms with Crippen molar-refractivity contribution in [3.63, 3.8) is 0 Å². The summed E-state index contributed by atoms with van der Waals surface area (Å²) in [5.41, 5.74) is -0.860. The molecule has 0 saturated heterocycles. The van der Waals surface area contributed by atoms with E-state index in [1.807, 2.05) is 0 Å². The lowest BCUT2D eigenvalue weighted by atomic mass is 9.88. The molecule has 1 aromatic carbocycles. The number of aromatic nitrogens is 4. The second kappa shape index (κ2) is 5.77. The number of hydrogen-bond acceptors (Lipinski definition) is 4. The molecule has 112 valence electrons. The van der Waals surface area contributed by atoms with Gasteiger partial charge in [-0.25, -0.2) is 9.07 Å². The average molecular weight is 313 g/mol. The predicted molar refractivity (Wildman–Crippen MR) is 74.3 cm³/mol. The van der Waals surface area contributed by atoms with Crippen molar-refractivity contribution in [1.82, 2.24) is 20.2 Å².